The first kappa shape index (κ1) is 24.4. The number of morpholine rings is 1. The Morgan fingerprint density at radius 1 is 1.26 bits per heavy atom. The lowest BCUT2D eigenvalue weighted by atomic mass is 10.0. The van der Waals surface area contributed by atoms with Crippen molar-refractivity contribution in [3.63, 3.8) is 0 Å². The van der Waals surface area contributed by atoms with Gasteiger partial charge in [0, 0.05) is 18.7 Å². The van der Waals surface area contributed by atoms with Gasteiger partial charge in [0.25, 0.3) is 0 Å². The molecule has 0 saturated carbocycles. The van der Waals surface area contributed by atoms with Crippen molar-refractivity contribution in [3.8, 4) is 6.07 Å². The molecule has 2 aromatic heterocycles. The molecule has 1 fully saturated rings. The molecule has 0 aliphatic carbocycles. The Hall–Kier alpha value is -3.69. The van der Waals surface area contributed by atoms with Gasteiger partial charge < -0.3 is 20.1 Å². The van der Waals surface area contributed by atoms with E-state index in [2.05, 4.69) is 20.3 Å². The third-order valence-electron chi connectivity index (χ3n) is 5.43. The van der Waals surface area contributed by atoms with E-state index in [0.717, 1.165) is 12.1 Å². The van der Waals surface area contributed by atoms with Gasteiger partial charge in [0.1, 0.15) is 11.2 Å². The van der Waals surface area contributed by atoms with Crippen molar-refractivity contribution >= 4 is 40.1 Å². The Balaban J connectivity index is 1.87. The molecule has 9 nitrogen and oxygen atoms in total. The van der Waals surface area contributed by atoms with Crippen molar-refractivity contribution in [3.05, 3.63) is 51.9 Å². The van der Waals surface area contributed by atoms with Crippen molar-refractivity contribution < 1.29 is 27.8 Å². The van der Waals surface area contributed by atoms with E-state index < -0.39 is 23.8 Å². The highest BCUT2D eigenvalue weighted by Gasteiger charge is 2.33. The first-order valence-corrected chi connectivity index (χ1v) is 10.8. The standard InChI is InChI=1S/C22H18ClF3N6O3/c1-11(28-14-2-3-17(23)30-19(14)21(33)34)13-8-12(22(24,25)26)9-15-18(13)31-20(16(10-27)29-15)32-4-6-35-7-5-32/h2-3,8-9,11,28H,4-7H2,1H3,(H,33,34)/t11-/m1/s1. The van der Waals surface area contributed by atoms with Crippen LogP contribution in [-0.2, 0) is 10.9 Å². The highest BCUT2D eigenvalue weighted by atomic mass is 35.5. The normalized spacial score (nSPS) is 15.0. The molecular weight excluding hydrogens is 489 g/mol. The molecule has 1 aliphatic heterocycles. The molecule has 3 heterocycles. The number of hydrogen-bond acceptors (Lipinski definition) is 8. The van der Waals surface area contributed by atoms with Crippen molar-refractivity contribution in [1.29, 1.82) is 5.26 Å². The number of nitriles is 1. The second-order valence-corrected chi connectivity index (χ2v) is 8.13. The summed E-state index contributed by atoms with van der Waals surface area (Å²) in [6.07, 6.45) is -4.69. The maximum Gasteiger partial charge on any atom is 0.416 e. The summed E-state index contributed by atoms with van der Waals surface area (Å²) in [6.45, 7) is 3.26. The lowest BCUT2D eigenvalue weighted by molar-refractivity contribution is -0.137. The summed E-state index contributed by atoms with van der Waals surface area (Å²) in [5.41, 5.74) is -1.23. The van der Waals surface area contributed by atoms with Crippen LogP contribution in [0, 0.1) is 11.3 Å². The summed E-state index contributed by atoms with van der Waals surface area (Å²) in [7, 11) is 0. The Morgan fingerprint density at radius 2 is 1.97 bits per heavy atom. The van der Waals surface area contributed by atoms with Crippen molar-refractivity contribution in [2.45, 2.75) is 19.1 Å². The number of carboxylic acid groups (broad SMARTS) is 1. The van der Waals surface area contributed by atoms with Gasteiger partial charge in [-0.05, 0) is 31.2 Å². The number of pyridine rings is 1. The van der Waals surface area contributed by atoms with Crippen LogP contribution in [0.5, 0.6) is 0 Å². The fourth-order valence-electron chi connectivity index (χ4n) is 3.77. The second-order valence-electron chi connectivity index (χ2n) is 7.74. The van der Waals surface area contributed by atoms with Crippen LogP contribution in [0.15, 0.2) is 24.3 Å². The number of carboxylic acids is 1. The summed E-state index contributed by atoms with van der Waals surface area (Å²) in [6, 6.07) is 5.59. The molecule has 0 radical (unpaired) electrons. The third kappa shape index (κ3) is 5.06. The van der Waals surface area contributed by atoms with Crippen molar-refractivity contribution in [2.75, 3.05) is 36.5 Å². The largest absolute Gasteiger partial charge is 0.476 e. The number of hydrogen-bond donors (Lipinski definition) is 2. The van der Waals surface area contributed by atoms with Crippen LogP contribution in [0.3, 0.4) is 0 Å². The van der Waals surface area contributed by atoms with E-state index in [1.165, 1.54) is 12.1 Å². The zero-order valence-electron chi connectivity index (χ0n) is 18.2. The predicted octanol–water partition coefficient (Wildman–Crippen LogP) is 4.28. The SMILES string of the molecule is C[C@@H](Nc1ccc(Cl)nc1C(=O)O)c1cc(C(F)(F)F)cc2nc(C#N)c(N3CCOCC3)nc12. The highest BCUT2D eigenvalue weighted by Crippen LogP contribution is 2.36. The second kappa shape index (κ2) is 9.52. The van der Waals surface area contributed by atoms with Gasteiger partial charge in [-0.1, -0.05) is 11.6 Å². The number of aromatic carboxylic acids is 1. The number of ether oxygens (including phenoxy) is 1. The Labute approximate surface area is 202 Å². The van der Waals surface area contributed by atoms with Crippen molar-refractivity contribution in [1.82, 2.24) is 15.0 Å². The van der Waals surface area contributed by atoms with Gasteiger partial charge in [-0.15, -0.1) is 0 Å². The quantitative estimate of drug-likeness (QED) is 0.488. The third-order valence-corrected chi connectivity index (χ3v) is 5.64. The number of alkyl halides is 3. The topological polar surface area (TPSA) is 124 Å². The number of aromatic nitrogens is 3. The van der Waals surface area contributed by atoms with Crippen LogP contribution in [0.25, 0.3) is 11.0 Å². The first-order chi connectivity index (χ1) is 16.6. The van der Waals surface area contributed by atoms with Crippen LogP contribution >= 0.6 is 11.6 Å². The molecule has 1 aromatic carbocycles. The molecule has 1 atom stereocenters. The Bertz CT molecular complexity index is 1340. The zero-order valence-corrected chi connectivity index (χ0v) is 19.0. The molecule has 0 unspecified atom stereocenters. The van der Waals surface area contributed by atoms with Gasteiger partial charge in [0.2, 0.25) is 0 Å². The summed E-state index contributed by atoms with van der Waals surface area (Å²) in [4.78, 5) is 25.9. The van der Waals surface area contributed by atoms with E-state index in [-0.39, 0.29) is 44.6 Å². The average Bonchev–Trinajstić information content (AvgIpc) is 2.83. The number of anilines is 2. The highest BCUT2D eigenvalue weighted by molar-refractivity contribution is 6.29. The Kier molecular flexibility index (Phi) is 6.64. The maximum absolute atomic E-state index is 13.7. The minimum absolute atomic E-state index is 0.0461. The van der Waals surface area contributed by atoms with E-state index >= 15 is 0 Å². The van der Waals surface area contributed by atoms with Gasteiger partial charge in [-0.25, -0.2) is 19.7 Å². The Morgan fingerprint density at radius 3 is 2.60 bits per heavy atom. The van der Waals surface area contributed by atoms with E-state index in [4.69, 9.17) is 16.3 Å². The monoisotopic (exact) mass is 506 g/mol. The summed E-state index contributed by atoms with van der Waals surface area (Å²) in [5, 5.41) is 21.9. The maximum atomic E-state index is 13.7. The molecule has 182 valence electrons. The minimum Gasteiger partial charge on any atom is -0.476 e. The van der Waals surface area contributed by atoms with Crippen molar-refractivity contribution in [2.24, 2.45) is 0 Å². The molecule has 1 saturated heterocycles. The van der Waals surface area contributed by atoms with Crippen LogP contribution in [0.4, 0.5) is 24.7 Å². The number of halogens is 4. The van der Waals surface area contributed by atoms with E-state index in [1.807, 2.05) is 6.07 Å². The average molecular weight is 507 g/mol. The number of carbonyl (C=O) groups is 1. The number of nitrogens with one attached hydrogen (secondary N) is 1. The summed E-state index contributed by atoms with van der Waals surface area (Å²) >= 11 is 5.80. The molecule has 13 heteroatoms. The molecular formula is C22H18ClF3N6O3. The van der Waals surface area contributed by atoms with Crippen LogP contribution in [-0.4, -0.2) is 52.3 Å². The van der Waals surface area contributed by atoms with Crippen LogP contribution < -0.4 is 10.2 Å². The van der Waals surface area contributed by atoms with Gasteiger partial charge in [-0.2, -0.15) is 18.4 Å². The van der Waals surface area contributed by atoms with Crippen LogP contribution in [0.1, 0.15) is 40.3 Å². The molecule has 1 aliphatic rings. The molecule has 3 aromatic rings. The number of benzene rings is 1. The van der Waals surface area contributed by atoms with Gasteiger partial charge in [0.05, 0.1) is 41.5 Å². The van der Waals surface area contributed by atoms with Gasteiger partial charge in [0.15, 0.2) is 17.2 Å². The fourth-order valence-corrected chi connectivity index (χ4v) is 3.92. The number of rotatable bonds is 5. The molecule has 0 bridgehead atoms. The van der Waals surface area contributed by atoms with E-state index in [9.17, 15) is 28.3 Å². The summed E-state index contributed by atoms with van der Waals surface area (Å²) < 4.78 is 46.4. The molecule has 35 heavy (non-hydrogen) atoms. The van der Waals surface area contributed by atoms with Crippen LogP contribution in [0.2, 0.25) is 5.15 Å². The lowest BCUT2D eigenvalue weighted by Crippen LogP contribution is -2.37. The first-order valence-electron chi connectivity index (χ1n) is 10.4. The van der Waals surface area contributed by atoms with Gasteiger partial charge in [-0.3, -0.25) is 0 Å². The minimum atomic E-state index is -4.69. The molecule has 0 spiro atoms. The molecule has 0 amide bonds. The number of fused-ring (bicyclic) bond motifs is 1. The van der Waals surface area contributed by atoms with E-state index in [0.29, 0.717) is 26.3 Å². The summed E-state index contributed by atoms with van der Waals surface area (Å²) in [5.74, 6) is -1.11. The predicted molar refractivity (Wildman–Crippen MR) is 121 cm³/mol. The van der Waals surface area contributed by atoms with E-state index in [1.54, 1.807) is 11.8 Å². The zero-order chi connectivity index (χ0) is 25.3. The smallest absolute Gasteiger partial charge is 0.416 e. The molecule has 2 N–H and O–H groups in total. The number of nitrogens with zero attached hydrogens (tertiary/aromatic N) is 5. The van der Waals surface area contributed by atoms with Gasteiger partial charge >= 0.3 is 12.1 Å². The molecule has 4 rings (SSSR count). The fraction of sp³-hybridized carbons (Fsp3) is 0.318. The lowest BCUT2D eigenvalue weighted by Gasteiger charge is -2.28.